The van der Waals surface area contributed by atoms with Gasteiger partial charge in [0.05, 0.1) is 12.0 Å². The maximum absolute atomic E-state index is 11.7. The second kappa shape index (κ2) is 9.04. The molecule has 3 unspecified atom stereocenters. The lowest BCUT2D eigenvalue weighted by molar-refractivity contribution is 0.130. The van der Waals surface area contributed by atoms with Gasteiger partial charge in [-0.3, -0.25) is 4.98 Å². The topological polar surface area (TPSA) is 73.8 Å². The summed E-state index contributed by atoms with van der Waals surface area (Å²) in [5.74, 6) is 0.375. The molecule has 5 aromatic rings. The van der Waals surface area contributed by atoms with Crippen molar-refractivity contribution in [1.29, 1.82) is 0 Å². The standard InChI is InChI=1S/C27H24N4O/c32-27(23-18-20-12-4-5-13-21(20)30-23)25(22-14-6-8-16-28-22)26(19-10-2-1-3-11-19)31-24-15-7-9-17-29-24/h1-18,25-27,30,32H,(H,29,31). The van der Waals surface area contributed by atoms with Crippen LogP contribution in [0.4, 0.5) is 5.82 Å². The van der Waals surface area contributed by atoms with Gasteiger partial charge >= 0.3 is 0 Å². The third-order valence-electron chi connectivity index (χ3n) is 5.72. The Labute approximate surface area is 186 Å². The molecule has 0 aliphatic rings. The van der Waals surface area contributed by atoms with E-state index in [1.54, 1.807) is 12.4 Å². The Morgan fingerprint density at radius 3 is 2.19 bits per heavy atom. The molecule has 2 aromatic carbocycles. The number of nitrogens with one attached hydrogen (secondary N) is 2. The molecule has 0 fully saturated rings. The van der Waals surface area contributed by atoms with Gasteiger partial charge in [-0.05, 0) is 47.3 Å². The normalized spacial score (nSPS) is 14.0. The number of aromatic amines is 1. The van der Waals surface area contributed by atoms with Crippen molar-refractivity contribution in [2.45, 2.75) is 18.1 Å². The average molecular weight is 421 g/mol. The van der Waals surface area contributed by atoms with Crippen molar-refractivity contribution >= 4 is 16.7 Å². The first-order valence-corrected chi connectivity index (χ1v) is 10.7. The Hall–Kier alpha value is -3.96. The Balaban J connectivity index is 1.62. The number of pyridine rings is 2. The molecule has 0 saturated carbocycles. The number of aliphatic hydroxyl groups is 1. The van der Waals surface area contributed by atoms with Gasteiger partial charge in [0.15, 0.2) is 0 Å². The van der Waals surface area contributed by atoms with E-state index in [1.807, 2.05) is 84.9 Å². The molecule has 5 nitrogen and oxygen atoms in total. The number of nitrogens with zero attached hydrogens (tertiary/aromatic N) is 2. The summed E-state index contributed by atoms with van der Waals surface area (Å²) in [5.41, 5.74) is 3.60. The lowest BCUT2D eigenvalue weighted by Gasteiger charge is -2.32. The molecule has 3 atom stereocenters. The number of para-hydroxylation sites is 1. The van der Waals surface area contributed by atoms with E-state index in [1.165, 1.54) is 0 Å². The first kappa shape index (κ1) is 20.0. The van der Waals surface area contributed by atoms with Crippen molar-refractivity contribution in [3.05, 3.63) is 126 Å². The minimum atomic E-state index is -0.821. The molecule has 3 N–H and O–H groups in total. The highest BCUT2D eigenvalue weighted by atomic mass is 16.3. The molecule has 3 aromatic heterocycles. The first-order valence-electron chi connectivity index (χ1n) is 10.7. The van der Waals surface area contributed by atoms with Gasteiger partial charge in [-0.25, -0.2) is 4.98 Å². The highest BCUT2D eigenvalue weighted by Crippen LogP contribution is 2.42. The Morgan fingerprint density at radius 2 is 1.47 bits per heavy atom. The number of hydrogen-bond acceptors (Lipinski definition) is 4. The number of hydrogen-bond donors (Lipinski definition) is 3. The third kappa shape index (κ3) is 4.11. The first-order chi connectivity index (χ1) is 15.8. The molecule has 0 amide bonds. The van der Waals surface area contributed by atoms with Crippen LogP contribution in [0.15, 0.2) is 109 Å². The van der Waals surface area contributed by atoms with E-state index in [-0.39, 0.29) is 12.0 Å². The lowest BCUT2D eigenvalue weighted by Crippen LogP contribution is -2.26. The van der Waals surface area contributed by atoms with Crippen LogP contribution in [-0.4, -0.2) is 20.1 Å². The predicted octanol–water partition coefficient (Wildman–Crippen LogP) is 5.63. The molecule has 0 bridgehead atoms. The largest absolute Gasteiger partial charge is 0.386 e. The summed E-state index contributed by atoms with van der Waals surface area (Å²) in [7, 11) is 0. The molecule has 32 heavy (non-hydrogen) atoms. The van der Waals surface area contributed by atoms with Crippen LogP contribution in [0.1, 0.15) is 35.0 Å². The summed E-state index contributed by atoms with van der Waals surface area (Å²) >= 11 is 0. The van der Waals surface area contributed by atoms with Crippen molar-refractivity contribution in [1.82, 2.24) is 15.0 Å². The number of rotatable bonds is 7. The Morgan fingerprint density at radius 1 is 0.750 bits per heavy atom. The zero-order chi connectivity index (χ0) is 21.8. The molecule has 0 aliphatic heterocycles. The predicted molar refractivity (Wildman–Crippen MR) is 127 cm³/mol. The minimum Gasteiger partial charge on any atom is -0.386 e. The summed E-state index contributed by atoms with van der Waals surface area (Å²) < 4.78 is 0. The van der Waals surface area contributed by atoms with Crippen LogP contribution in [-0.2, 0) is 0 Å². The van der Waals surface area contributed by atoms with E-state index in [2.05, 4.69) is 32.4 Å². The maximum atomic E-state index is 11.7. The Kier molecular flexibility index (Phi) is 5.64. The van der Waals surface area contributed by atoms with Gasteiger partial charge < -0.3 is 15.4 Å². The molecule has 5 heteroatoms. The van der Waals surface area contributed by atoms with Crippen molar-refractivity contribution in [2.24, 2.45) is 0 Å². The van der Waals surface area contributed by atoms with E-state index in [0.717, 1.165) is 33.7 Å². The van der Waals surface area contributed by atoms with Gasteiger partial charge in [0.2, 0.25) is 0 Å². The van der Waals surface area contributed by atoms with Gasteiger partial charge in [-0.2, -0.15) is 0 Å². The smallest absolute Gasteiger partial charge is 0.126 e. The number of aliphatic hydroxyl groups excluding tert-OH is 1. The number of aromatic nitrogens is 3. The van der Waals surface area contributed by atoms with Crippen LogP contribution in [0.2, 0.25) is 0 Å². The number of fused-ring (bicyclic) bond motifs is 1. The van der Waals surface area contributed by atoms with Gasteiger partial charge in [-0.1, -0.05) is 60.7 Å². The molecule has 0 radical (unpaired) electrons. The second-order valence-corrected chi connectivity index (χ2v) is 7.78. The lowest BCUT2D eigenvalue weighted by atomic mass is 9.84. The van der Waals surface area contributed by atoms with Crippen LogP contribution >= 0.6 is 0 Å². The molecule has 3 heterocycles. The van der Waals surface area contributed by atoms with Gasteiger partial charge in [-0.15, -0.1) is 0 Å². The number of anilines is 1. The van der Waals surface area contributed by atoms with E-state index < -0.39 is 6.10 Å². The van der Waals surface area contributed by atoms with Crippen LogP contribution in [0, 0.1) is 0 Å². The van der Waals surface area contributed by atoms with Crippen LogP contribution in [0.25, 0.3) is 10.9 Å². The zero-order valence-corrected chi connectivity index (χ0v) is 17.5. The maximum Gasteiger partial charge on any atom is 0.126 e. The fraction of sp³-hybridized carbons (Fsp3) is 0.111. The summed E-state index contributed by atoms with van der Waals surface area (Å²) in [6, 6.07) is 31.5. The van der Waals surface area contributed by atoms with Crippen LogP contribution < -0.4 is 5.32 Å². The summed E-state index contributed by atoms with van der Waals surface area (Å²) in [6.45, 7) is 0. The SMILES string of the molecule is OC(c1cc2ccccc2[nH]1)C(c1ccccn1)C(Nc1ccccn1)c1ccccc1. The van der Waals surface area contributed by atoms with Gasteiger partial charge in [0.25, 0.3) is 0 Å². The summed E-state index contributed by atoms with van der Waals surface area (Å²) in [6.07, 6.45) is 2.70. The summed E-state index contributed by atoms with van der Waals surface area (Å²) in [5, 5.41) is 16.3. The monoisotopic (exact) mass is 420 g/mol. The third-order valence-corrected chi connectivity index (χ3v) is 5.72. The van der Waals surface area contributed by atoms with E-state index >= 15 is 0 Å². The fourth-order valence-electron chi connectivity index (χ4n) is 4.18. The highest BCUT2D eigenvalue weighted by Gasteiger charge is 2.34. The van der Waals surface area contributed by atoms with Crippen molar-refractivity contribution < 1.29 is 5.11 Å². The zero-order valence-electron chi connectivity index (χ0n) is 17.5. The second-order valence-electron chi connectivity index (χ2n) is 7.78. The molecule has 158 valence electrons. The van der Waals surface area contributed by atoms with Gasteiger partial charge in [0, 0.05) is 29.3 Å². The van der Waals surface area contributed by atoms with E-state index in [0.29, 0.717) is 0 Å². The average Bonchev–Trinajstić information content (AvgIpc) is 3.30. The van der Waals surface area contributed by atoms with Crippen LogP contribution in [0.5, 0.6) is 0 Å². The van der Waals surface area contributed by atoms with E-state index in [4.69, 9.17) is 0 Å². The molecule has 0 aliphatic carbocycles. The van der Waals surface area contributed by atoms with Crippen molar-refractivity contribution in [3.63, 3.8) is 0 Å². The fourth-order valence-corrected chi connectivity index (χ4v) is 4.18. The molecule has 0 saturated heterocycles. The molecular formula is C27H24N4O. The summed E-state index contributed by atoms with van der Waals surface area (Å²) in [4.78, 5) is 12.5. The molecule has 0 spiro atoms. The van der Waals surface area contributed by atoms with Crippen molar-refractivity contribution in [2.75, 3.05) is 5.32 Å². The van der Waals surface area contributed by atoms with Crippen LogP contribution in [0.3, 0.4) is 0 Å². The number of benzene rings is 2. The van der Waals surface area contributed by atoms with E-state index in [9.17, 15) is 5.11 Å². The molecule has 5 rings (SSSR count). The highest BCUT2D eigenvalue weighted by molar-refractivity contribution is 5.80. The van der Waals surface area contributed by atoms with Gasteiger partial charge in [0.1, 0.15) is 11.9 Å². The molecular weight excluding hydrogens is 396 g/mol. The number of H-pyrrole nitrogens is 1. The minimum absolute atomic E-state index is 0.262. The quantitative estimate of drug-likeness (QED) is 0.319. The van der Waals surface area contributed by atoms with Crippen molar-refractivity contribution in [3.8, 4) is 0 Å². The Bertz CT molecular complexity index is 1240.